The summed E-state index contributed by atoms with van der Waals surface area (Å²) in [5.41, 5.74) is 8.29. The van der Waals surface area contributed by atoms with E-state index in [0.717, 1.165) is 0 Å². The number of hydrogen-bond acceptors (Lipinski definition) is 1. The van der Waals surface area contributed by atoms with E-state index in [-0.39, 0.29) is 0 Å². The number of fused-ring (bicyclic) bond motifs is 5. The van der Waals surface area contributed by atoms with Gasteiger partial charge in [-0.05, 0) is 109 Å². The molecule has 1 aromatic heterocycles. The summed E-state index contributed by atoms with van der Waals surface area (Å²) < 4.78 is 2.83. The van der Waals surface area contributed by atoms with Crippen molar-refractivity contribution < 1.29 is 0 Å². The van der Waals surface area contributed by atoms with Crippen LogP contribution in [0, 0.1) is 41.5 Å². The second-order valence-corrected chi connectivity index (χ2v) is 9.24. The van der Waals surface area contributed by atoms with Gasteiger partial charge < -0.3 is 0 Å². The van der Waals surface area contributed by atoms with Gasteiger partial charge in [0.2, 0.25) is 0 Å². The molecule has 0 spiro atoms. The first-order valence-electron chi connectivity index (χ1n) is 9.62. The summed E-state index contributed by atoms with van der Waals surface area (Å²) in [6.45, 7) is 13.4. The molecule has 0 aliphatic carbocycles. The predicted octanol–water partition coefficient (Wildman–Crippen LogP) is 8.21. The molecule has 0 aliphatic rings. The third-order valence-electron chi connectivity index (χ3n) is 6.29. The Bertz CT molecular complexity index is 1410. The Labute approximate surface area is 164 Å². The molecular weight excluding hydrogens is 344 g/mol. The van der Waals surface area contributed by atoms with Crippen molar-refractivity contribution in [1.29, 1.82) is 0 Å². The summed E-state index contributed by atoms with van der Waals surface area (Å²) >= 11 is 1.94. The van der Waals surface area contributed by atoms with Gasteiger partial charge in [0.1, 0.15) is 0 Å². The largest absolute Gasteiger partial charge is 0.135 e. The summed E-state index contributed by atoms with van der Waals surface area (Å²) in [6.07, 6.45) is 0. The summed E-state index contributed by atoms with van der Waals surface area (Å²) in [4.78, 5) is 0. The van der Waals surface area contributed by atoms with Crippen molar-refractivity contribution in [2.45, 2.75) is 41.5 Å². The number of rotatable bonds is 0. The van der Waals surface area contributed by atoms with Crippen LogP contribution in [0.25, 0.3) is 41.7 Å². The Morgan fingerprint density at radius 3 is 1.67 bits per heavy atom. The highest BCUT2D eigenvalue weighted by molar-refractivity contribution is 7.26. The fourth-order valence-corrected chi connectivity index (χ4v) is 5.80. The smallest absolute Gasteiger partial charge is 0.0384 e. The number of aryl methyl sites for hydroxylation is 6. The van der Waals surface area contributed by atoms with Gasteiger partial charge in [-0.1, -0.05) is 23.8 Å². The molecule has 5 aromatic rings. The average Bonchev–Trinajstić information content (AvgIpc) is 2.98. The van der Waals surface area contributed by atoms with Crippen LogP contribution in [0.3, 0.4) is 0 Å². The number of thiophene rings is 1. The van der Waals surface area contributed by atoms with E-state index >= 15 is 0 Å². The molecule has 134 valence electrons. The van der Waals surface area contributed by atoms with Crippen molar-refractivity contribution in [2.24, 2.45) is 0 Å². The molecule has 1 heteroatoms. The Balaban J connectivity index is 2.02. The van der Waals surface area contributed by atoms with E-state index in [2.05, 4.69) is 77.9 Å². The van der Waals surface area contributed by atoms with Crippen LogP contribution in [0.4, 0.5) is 0 Å². The quantitative estimate of drug-likeness (QED) is 0.242. The second-order valence-electron chi connectivity index (χ2n) is 8.19. The van der Waals surface area contributed by atoms with E-state index in [9.17, 15) is 0 Å². The van der Waals surface area contributed by atoms with Crippen LogP contribution in [-0.2, 0) is 0 Å². The van der Waals surface area contributed by atoms with Crippen LogP contribution in [0.5, 0.6) is 0 Å². The molecular formula is C26H24S. The van der Waals surface area contributed by atoms with Crippen molar-refractivity contribution in [3.63, 3.8) is 0 Å². The first-order valence-corrected chi connectivity index (χ1v) is 10.4. The molecule has 1 heterocycles. The van der Waals surface area contributed by atoms with Crippen molar-refractivity contribution in [2.75, 3.05) is 0 Å². The van der Waals surface area contributed by atoms with Crippen molar-refractivity contribution in [1.82, 2.24) is 0 Å². The lowest BCUT2D eigenvalue weighted by Gasteiger charge is -2.14. The van der Waals surface area contributed by atoms with E-state index in [1.807, 2.05) is 11.3 Å². The molecule has 0 unspecified atom stereocenters. The molecule has 0 saturated heterocycles. The third-order valence-corrected chi connectivity index (χ3v) is 7.59. The van der Waals surface area contributed by atoms with Gasteiger partial charge in [0.05, 0.1) is 0 Å². The monoisotopic (exact) mass is 368 g/mol. The minimum Gasteiger partial charge on any atom is -0.135 e. The molecule has 0 radical (unpaired) electrons. The highest BCUT2D eigenvalue weighted by atomic mass is 32.1. The molecule has 0 N–H and O–H groups in total. The normalized spacial score (nSPS) is 12.1. The Morgan fingerprint density at radius 1 is 0.481 bits per heavy atom. The molecule has 0 fully saturated rings. The lowest BCUT2D eigenvalue weighted by molar-refractivity contribution is 1.36. The van der Waals surface area contributed by atoms with Crippen LogP contribution in [-0.4, -0.2) is 0 Å². The maximum atomic E-state index is 2.44. The van der Waals surface area contributed by atoms with Gasteiger partial charge in [0, 0.05) is 20.2 Å². The lowest BCUT2D eigenvalue weighted by Crippen LogP contribution is -1.91. The van der Waals surface area contributed by atoms with E-state index in [1.54, 1.807) is 0 Å². The summed E-state index contributed by atoms with van der Waals surface area (Å²) in [7, 11) is 0. The Morgan fingerprint density at radius 2 is 1.04 bits per heavy atom. The lowest BCUT2D eigenvalue weighted by atomic mass is 9.90. The van der Waals surface area contributed by atoms with Gasteiger partial charge in [-0.3, -0.25) is 0 Å². The molecule has 0 atom stereocenters. The Kier molecular flexibility index (Phi) is 3.45. The van der Waals surface area contributed by atoms with Crippen LogP contribution >= 0.6 is 11.3 Å². The molecule has 5 rings (SSSR count). The molecule has 4 aromatic carbocycles. The zero-order valence-electron chi connectivity index (χ0n) is 16.9. The van der Waals surface area contributed by atoms with E-state index in [4.69, 9.17) is 0 Å². The fourth-order valence-electron chi connectivity index (χ4n) is 4.62. The SMILES string of the molecule is Cc1cc(C)c2sc3cc4c(C)c5cc(C)c(C)cc5c(C)c4cc3c2c1. The molecule has 0 aliphatic heterocycles. The highest BCUT2D eigenvalue weighted by Crippen LogP contribution is 2.42. The minimum absolute atomic E-state index is 1.34. The topological polar surface area (TPSA) is 0 Å². The van der Waals surface area contributed by atoms with E-state index in [1.165, 1.54) is 75.1 Å². The van der Waals surface area contributed by atoms with Crippen molar-refractivity contribution in [3.8, 4) is 0 Å². The Hall–Kier alpha value is -2.38. The maximum absolute atomic E-state index is 2.44. The van der Waals surface area contributed by atoms with Gasteiger partial charge in [-0.25, -0.2) is 0 Å². The van der Waals surface area contributed by atoms with Gasteiger partial charge >= 0.3 is 0 Å². The first kappa shape index (κ1) is 16.8. The molecule has 0 nitrogen and oxygen atoms in total. The van der Waals surface area contributed by atoms with Gasteiger partial charge in [0.25, 0.3) is 0 Å². The minimum atomic E-state index is 1.34. The molecule has 0 saturated carbocycles. The summed E-state index contributed by atoms with van der Waals surface area (Å²) in [5.74, 6) is 0. The number of hydrogen-bond donors (Lipinski definition) is 0. The summed E-state index contributed by atoms with van der Waals surface area (Å²) in [6, 6.07) is 14.3. The van der Waals surface area contributed by atoms with E-state index in [0.29, 0.717) is 0 Å². The van der Waals surface area contributed by atoms with Crippen LogP contribution in [0.1, 0.15) is 33.4 Å². The molecule has 0 bridgehead atoms. The molecule has 27 heavy (non-hydrogen) atoms. The van der Waals surface area contributed by atoms with Crippen molar-refractivity contribution >= 4 is 53.1 Å². The zero-order chi connectivity index (χ0) is 19.0. The molecule has 0 amide bonds. The van der Waals surface area contributed by atoms with E-state index < -0.39 is 0 Å². The van der Waals surface area contributed by atoms with Crippen LogP contribution in [0.15, 0.2) is 36.4 Å². The summed E-state index contributed by atoms with van der Waals surface area (Å²) in [5, 5.41) is 8.41. The zero-order valence-corrected chi connectivity index (χ0v) is 17.7. The van der Waals surface area contributed by atoms with Crippen molar-refractivity contribution in [3.05, 3.63) is 69.8 Å². The maximum Gasteiger partial charge on any atom is 0.0384 e. The predicted molar refractivity (Wildman–Crippen MR) is 123 cm³/mol. The first-order chi connectivity index (χ1) is 12.8. The standard InChI is InChI=1S/C26H24S/c1-13-7-16(4)26-24(8-13)23-11-21-17(5)19-9-14(2)15(3)10-20(19)18(6)22(21)12-25(23)27-26/h7-12H,1-6H3. The van der Waals surface area contributed by atoms with Gasteiger partial charge in [-0.2, -0.15) is 0 Å². The second kappa shape index (κ2) is 5.56. The fraction of sp³-hybridized carbons (Fsp3) is 0.231. The highest BCUT2D eigenvalue weighted by Gasteiger charge is 2.14. The number of benzene rings is 4. The van der Waals surface area contributed by atoms with Crippen LogP contribution < -0.4 is 0 Å². The third kappa shape index (κ3) is 2.28. The van der Waals surface area contributed by atoms with Crippen LogP contribution in [0.2, 0.25) is 0 Å². The van der Waals surface area contributed by atoms with Gasteiger partial charge in [-0.15, -0.1) is 11.3 Å². The average molecular weight is 369 g/mol. The van der Waals surface area contributed by atoms with Gasteiger partial charge in [0.15, 0.2) is 0 Å².